The summed E-state index contributed by atoms with van der Waals surface area (Å²) in [7, 11) is 0. The van der Waals surface area contributed by atoms with Crippen molar-refractivity contribution in [2.24, 2.45) is 11.1 Å². The van der Waals surface area contributed by atoms with Crippen LogP contribution in [0, 0.1) is 5.41 Å². The van der Waals surface area contributed by atoms with Crippen LogP contribution >= 0.6 is 0 Å². The first-order valence-electron chi connectivity index (χ1n) is 3.84. The van der Waals surface area contributed by atoms with Crippen LogP contribution in [0.3, 0.4) is 0 Å². The molecule has 0 radical (unpaired) electrons. The van der Waals surface area contributed by atoms with Crippen LogP contribution in [-0.2, 0) is 4.79 Å². The molecule has 0 bridgehead atoms. The van der Waals surface area contributed by atoms with Gasteiger partial charge in [-0.15, -0.1) is 0 Å². The molecule has 3 N–H and O–H groups in total. The molecule has 5 heteroatoms. The van der Waals surface area contributed by atoms with E-state index in [1.54, 1.807) is 0 Å². The summed E-state index contributed by atoms with van der Waals surface area (Å²) in [5.41, 5.74) is 1.49. The van der Waals surface area contributed by atoms with Crippen LogP contribution in [-0.4, -0.2) is 22.5 Å². The van der Waals surface area contributed by atoms with Crippen molar-refractivity contribution in [1.82, 2.24) is 0 Å². The predicted octanol–water partition coefficient (Wildman–Crippen LogP) is 1.47. The van der Waals surface area contributed by atoms with E-state index in [9.17, 15) is 13.6 Å². The summed E-state index contributed by atoms with van der Waals surface area (Å²) in [6.07, 6.45) is 0. The Hall–Kier alpha value is -0.710. The second-order valence-corrected chi connectivity index (χ2v) is 4.25. The zero-order valence-corrected chi connectivity index (χ0v) is 8.19. The van der Waals surface area contributed by atoms with Crippen molar-refractivity contribution in [2.45, 2.75) is 39.2 Å². The minimum atomic E-state index is -3.46. The highest BCUT2D eigenvalue weighted by Gasteiger charge is 2.60. The molecule has 0 amide bonds. The van der Waals surface area contributed by atoms with Gasteiger partial charge in [0.1, 0.15) is 0 Å². The molecule has 0 fully saturated rings. The van der Waals surface area contributed by atoms with Crippen LogP contribution < -0.4 is 5.73 Å². The number of carbonyl (C=O) groups is 1. The van der Waals surface area contributed by atoms with E-state index in [-0.39, 0.29) is 0 Å². The Morgan fingerprint density at radius 1 is 1.23 bits per heavy atom. The average Bonchev–Trinajstić information content (AvgIpc) is 1.80. The Bertz CT molecular complexity index is 201. The average molecular weight is 195 g/mol. The third-order valence-corrected chi connectivity index (χ3v) is 2.21. The molecule has 0 spiro atoms. The first kappa shape index (κ1) is 12.3. The maximum atomic E-state index is 13.0. The number of alkyl halides is 2. The zero-order chi connectivity index (χ0) is 11.1. The van der Waals surface area contributed by atoms with Gasteiger partial charge in [-0.1, -0.05) is 20.8 Å². The van der Waals surface area contributed by atoms with Gasteiger partial charge in [-0.05, 0) is 5.41 Å². The Balaban J connectivity index is 5.35. The molecule has 1 atom stereocenters. The summed E-state index contributed by atoms with van der Waals surface area (Å²) in [5.74, 6) is -5.15. The molecule has 3 nitrogen and oxygen atoms in total. The Labute approximate surface area is 75.9 Å². The molecule has 0 saturated heterocycles. The minimum absolute atomic E-state index is 0.520. The SMILES string of the molecule is CC(C)(C)C(N)(C(=O)O)C(C)(F)F. The Morgan fingerprint density at radius 3 is 1.54 bits per heavy atom. The fourth-order valence-corrected chi connectivity index (χ4v) is 1.17. The summed E-state index contributed by atoms with van der Waals surface area (Å²) in [4.78, 5) is 10.7. The van der Waals surface area contributed by atoms with Crippen LogP contribution in [0.5, 0.6) is 0 Å². The van der Waals surface area contributed by atoms with Crippen LogP contribution in [0.1, 0.15) is 27.7 Å². The molecule has 0 aromatic heterocycles. The van der Waals surface area contributed by atoms with Crippen molar-refractivity contribution in [2.75, 3.05) is 0 Å². The standard InChI is InChI=1S/C8H15F2NO2/c1-6(2,3)8(11,5(12)13)7(4,9)10/h11H2,1-4H3,(H,12,13). The van der Waals surface area contributed by atoms with E-state index in [0.29, 0.717) is 6.92 Å². The first-order chi connectivity index (χ1) is 5.44. The van der Waals surface area contributed by atoms with Crippen molar-refractivity contribution in [3.8, 4) is 0 Å². The third-order valence-electron chi connectivity index (χ3n) is 2.21. The summed E-state index contributed by atoms with van der Waals surface area (Å²) in [6, 6.07) is 0. The number of hydrogen-bond donors (Lipinski definition) is 2. The maximum absolute atomic E-state index is 13.0. The fraction of sp³-hybridized carbons (Fsp3) is 0.875. The van der Waals surface area contributed by atoms with E-state index < -0.39 is 22.8 Å². The molecule has 0 saturated carbocycles. The van der Waals surface area contributed by atoms with Crippen molar-refractivity contribution in [3.05, 3.63) is 0 Å². The van der Waals surface area contributed by atoms with Gasteiger partial charge >= 0.3 is 5.97 Å². The number of carboxylic acid groups (broad SMARTS) is 1. The molecule has 0 heterocycles. The van der Waals surface area contributed by atoms with Gasteiger partial charge in [-0.2, -0.15) is 0 Å². The van der Waals surface area contributed by atoms with Gasteiger partial charge in [0.15, 0.2) is 5.54 Å². The van der Waals surface area contributed by atoms with Crippen LogP contribution in [0.2, 0.25) is 0 Å². The summed E-state index contributed by atoms with van der Waals surface area (Å²) in [6.45, 7) is 4.64. The second kappa shape index (κ2) is 2.90. The van der Waals surface area contributed by atoms with Crippen LogP contribution in [0.4, 0.5) is 8.78 Å². The quantitative estimate of drug-likeness (QED) is 0.701. The molecular weight excluding hydrogens is 180 g/mol. The number of rotatable bonds is 2. The molecule has 0 aliphatic carbocycles. The number of halogens is 2. The molecule has 78 valence electrons. The molecule has 13 heavy (non-hydrogen) atoms. The van der Waals surface area contributed by atoms with Gasteiger partial charge < -0.3 is 10.8 Å². The number of aliphatic carboxylic acids is 1. The molecule has 0 aromatic rings. The molecule has 0 aliphatic rings. The van der Waals surface area contributed by atoms with E-state index in [4.69, 9.17) is 10.8 Å². The third kappa shape index (κ3) is 1.80. The van der Waals surface area contributed by atoms with Gasteiger partial charge in [0.2, 0.25) is 0 Å². The lowest BCUT2D eigenvalue weighted by atomic mass is 9.70. The predicted molar refractivity (Wildman–Crippen MR) is 44.6 cm³/mol. The Morgan fingerprint density at radius 2 is 1.54 bits per heavy atom. The van der Waals surface area contributed by atoms with Crippen LogP contribution in [0.15, 0.2) is 0 Å². The van der Waals surface area contributed by atoms with Crippen LogP contribution in [0.25, 0.3) is 0 Å². The lowest BCUT2D eigenvalue weighted by Gasteiger charge is -2.41. The van der Waals surface area contributed by atoms with Crippen molar-refractivity contribution in [1.29, 1.82) is 0 Å². The van der Waals surface area contributed by atoms with Gasteiger partial charge in [0.25, 0.3) is 5.92 Å². The highest BCUT2D eigenvalue weighted by atomic mass is 19.3. The highest BCUT2D eigenvalue weighted by Crippen LogP contribution is 2.40. The van der Waals surface area contributed by atoms with Crippen molar-refractivity contribution < 1.29 is 18.7 Å². The normalized spacial score (nSPS) is 18.1. The number of nitrogens with two attached hydrogens (primary N) is 1. The highest BCUT2D eigenvalue weighted by molar-refractivity contribution is 5.81. The van der Waals surface area contributed by atoms with E-state index >= 15 is 0 Å². The molecule has 0 aromatic carbocycles. The second-order valence-electron chi connectivity index (χ2n) is 4.25. The lowest BCUT2D eigenvalue weighted by Crippen LogP contribution is -2.67. The van der Waals surface area contributed by atoms with Gasteiger partial charge in [0.05, 0.1) is 0 Å². The lowest BCUT2D eigenvalue weighted by molar-refractivity contribution is -0.171. The van der Waals surface area contributed by atoms with E-state index in [1.807, 2.05) is 0 Å². The zero-order valence-electron chi connectivity index (χ0n) is 8.19. The van der Waals surface area contributed by atoms with Crippen molar-refractivity contribution in [3.63, 3.8) is 0 Å². The summed E-state index contributed by atoms with van der Waals surface area (Å²) in [5, 5.41) is 8.70. The topological polar surface area (TPSA) is 63.3 Å². The molecule has 1 unspecified atom stereocenters. The van der Waals surface area contributed by atoms with Gasteiger partial charge in [-0.3, -0.25) is 0 Å². The van der Waals surface area contributed by atoms with E-state index in [0.717, 1.165) is 0 Å². The number of carboxylic acids is 1. The van der Waals surface area contributed by atoms with Gasteiger partial charge in [-0.25, -0.2) is 13.6 Å². The summed E-state index contributed by atoms with van der Waals surface area (Å²) < 4.78 is 26.0. The smallest absolute Gasteiger partial charge is 0.330 e. The maximum Gasteiger partial charge on any atom is 0.330 e. The van der Waals surface area contributed by atoms with E-state index in [1.165, 1.54) is 20.8 Å². The Kier molecular flexibility index (Phi) is 2.75. The molecular formula is C8H15F2NO2. The molecule has 0 rings (SSSR count). The van der Waals surface area contributed by atoms with Gasteiger partial charge in [0, 0.05) is 6.92 Å². The fourth-order valence-electron chi connectivity index (χ4n) is 1.17. The van der Waals surface area contributed by atoms with Crippen molar-refractivity contribution >= 4 is 5.97 Å². The monoisotopic (exact) mass is 195 g/mol. The summed E-state index contributed by atoms with van der Waals surface area (Å²) >= 11 is 0. The minimum Gasteiger partial charge on any atom is -0.480 e. The largest absolute Gasteiger partial charge is 0.480 e. The van der Waals surface area contributed by atoms with E-state index in [2.05, 4.69) is 0 Å². The molecule has 0 aliphatic heterocycles. The number of hydrogen-bond acceptors (Lipinski definition) is 2. The first-order valence-corrected chi connectivity index (χ1v) is 3.84.